The van der Waals surface area contributed by atoms with Crippen LogP contribution in [0.5, 0.6) is 11.6 Å². The number of carbonyl (C=O) groups is 1. The summed E-state index contributed by atoms with van der Waals surface area (Å²) in [5.74, 6) is 3.42. The molecule has 0 spiro atoms. The van der Waals surface area contributed by atoms with Gasteiger partial charge in [-0.3, -0.25) is 4.79 Å². The van der Waals surface area contributed by atoms with Gasteiger partial charge in [-0.25, -0.2) is 4.98 Å². The van der Waals surface area contributed by atoms with Crippen molar-refractivity contribution in [1.29, 1.82) is 0 Å². The van der Waals surface area contributed by atoms with Crippen molar-refractivity contribution >= 4 is 5.91 Å². The first-order chi connectivity index (χ1) is 14.2. The summed E-state index contributed by atoms with van der Waals surface area (Å²) in [5, 5.41) is 2.92. The fourth-order valence-electron chi connectivity index (χ4n) is 2.66. The van der Waals surface area contributed by atoms with Gasteiger partial charge >= 0.3 is 0 Å². The second-order valence-electron chi connectivity index (χ2n) is 6.30. The van der Waals surface area contributed by atoms with E-state index in [1.807, 2.05) is 54.6 Å². The molecule has 3 aromatic rings. The summed E-state index contributed by atoms with van der Waals surface area (Å²) >= 11 is 0. The van der Waals surface area contributed by atoms with Crippen LogP contribution >= 0.6 is 0 Å². The van der Waals surface area contributed by atoms with Crippen molar-refractivity contribution in [2.75, 3.05) is 13.2 Å². The predicted molar refractivity (Wildman–Crippen MR) is 112 cm³/mol. The Bertz CT molecular complexity index is 963. The molecule has 2 aromatic carbocycles. The molecule has 1 aromatic heterocycles. The van der Waals surface area contributed by atoms with Crippen LogP contribution in [-0.4, -0.2) is 24.0 Å². The van der Waals surface area contributed by atoms with Crippen LogP contribution in [0.25, 0.3) is 0 Å². The number of aromatic nitrogens is 1. The SMILES string of the molecule is C#CCOc1ccc(CCNC(=O)c2ccnc(OCc3ccccc3)c2)cc1. The fourth-order valence-corrected chi connectivity index (χ4v) is 2.66. The van der Waals surface area contributed by atoms with Crippen molar-refractivity contribution in [3.63, 3.8) is 0 Å². The lowest BCUT2D eigenvalue weighted by Crippen LogP contribution is -2.25. The first-order valence-electron chi connectivity index (χ1n) is 9.31. The van der Waals surface area contributed by atoms with Gasteiger partial charge in [0.1, 0.15) is 19.0 Å². The maximum absolute atomic E-state index is 12.4. The molecule has 0 saturated carbocycles. The molecule has 0 saturated heterocycles. The van der Waals surface area contributed by atoms with Gasteiger partial charge in [-0.15, -0.1) is 6.42 Å². The quantitative estimate of drug-likeness (QED) is 0.571. The molecule has 0 unspecified atom stereocenters. The second kappa shape index (κ2) is 10.5. The summed E-state index contributed by atoms with van der Waals surface area (Å²) in [5.41, 5.74) is 2.65. The Balaban J connectivity index is 1.47. The summed E-state index contributed by atoms with van der Waals surface area (Å²) in [6.45, 7) is 1.17. The average Bonchev–Trinajstić information content (AvgIpc) is 2.78. The number of hydrogen-bond acceptors (Lipinski definition) is 4. The standard InChI is InChI=1S/C24H22N2O3/c1-2-16-28-22-10-8-19(9-11-22)12-14-26-24(27)21-13-15-25-23(17-21)29-18-20-6-4-3-5-7-20/h1,3-11,13,15,17H,12,14,16,18H2,(H,26,27). The van der Waals surface area contributed by atoms with Gasteiger partial charge in [0.25, 0.3) is 5.91 Å². The number of ether oxygens (including phenoxy) is 2. The lowest BCUT2D eigenvalue weighted by molar-refractivity contribution is 0.0953. The highest BCUT2D eigenvalue weighted by atomic mass is 16.5. The molecule has 0 bridgehead atoms. The molecule has 1 N–H and O–H groups in total. The van der Waals surface area contributed by atoms with Crippen LogP contribution in [0.15, 0.2) is 72.9 Å². The molecular weight excluding hydrogens is 364 g/mol. The smallest absolute Gasteiger partial charge is 0.251 e. The third kappa shape index (κ3) is 6.40. The second-order valence-corrected chi connectivity index (χ2v) is 6.30. The fraction of sp³-hybridized carbons (Fsp3) is 0.167. The van der Waals surface area contributed by atoms with Gasteiger partial charge < -0.3 is 14.8 Å². The number of carbonyl (C=O) groups excluding carboxylic acids is 1. The minimum atomic E-state index is -0.161. The number of rotatable bonds is 9. The van der Waals surface area contributed by atoms with E-state index in [4.69, 9.17) is 15.9 Å². The summed E-state index contributed by atoms with van der Waals surface area (Å²) in [4.78, 5) is 16.6. The monoisotopic (exact) mass is 386 g/mol. The molecule has 0 aliphatic carbocycles. The molecule has 3 rings (SSSR count). The molecule has 5 nitrogen and oxygen atoms in total. The molecule has 29 heavy (non-hydrogen) atoms. The number of nitrogens with zero attached hydrogens (tertiary/aromatic N) is 1. The Morgan fingerprint density at radius 3 is 2.55 bits per heavy atom. The highest BCUT2D eigenvalue weighted by Gasteiger charge is 2.07. The Morgan fingerprint density at radius 2 is 1.79 bits per heavy atom. The maximum Gasteiger partial charge on any atom is 0.251 e. The van der Waals surface area contributed by atoms with Gasteiger partial charge in [-0.05, 0) is 35.7 Å². The zero-order valence-electron chi connectivity index (χ0n) is 16.0. The van der Waals surface area contributed by atoms with Crippen LogP contribution in [0.3, 0.4) is 0 Å². The van der Waals surface area contributed by atoms with Crippen molar-refractivity contribution in [2.24, 2.45) is 0 Å². The Labute approximate surface area is 170 Å². The first-order valence-corrected chi connectivity index (χ1v) is 9.31. The normalized spacial score (nSPS) is 10.0. The van der Waals surface area contributed by atoms with Crippen LogP contribution < -0.4 is 14.8 Å². The minimum Gasteiger partial charge on any atom is -0.481 e. The number of nitrogens with one attached hydrogen (secondary N) is 1. The third-order valence-corrected chi connectivity index (χ3v) is 4.17. The maximum atomic E-state index is 12.4. The number of pyridine rings is 1. The van der Waals surface area contributed by atoms with E-state index in [1.54, 1.807) is 18.3 Å². The van der Waals surface area contributed by atoms with Crippen molar-refractivity contribution in [3.8, 4) is 24.0 Å². The highest BCUT2D eigenvalue weighted by molar-refractivity contribution is 5.94. The molecule has 0 aliphatic rings. The van der Waals surface area contributed by atoms with Gasteiger partial charge in [0, 0.05) is 24.4 Å². The van der Waals surface area contributed by atoms with Crippen LogP contribution in [0.2, 0.25) is 0 Å². The Hall–Kier alpha value is -3.78. The van der Waals surface area contributed by atoms with E-state index in [-0.39, 0.29) is 12.5 Å². The summed E-state index contributed by atoms with van der Waals surface area (Å²) < 4.78 is 11.0. The molecule has 0 radical (unpaired) electrons. The van der Waals surface area contributed by atoms with Crippen molar-refractivity contribution in [3.05, 3.63) is 89.6 Å². The molecule has 0 atom stereocenters. The number of amides is 1. The third-order valence-electron chi connectivity index (χ3n) is 4.17. The molecular formula is C24H22N2O3. The number of hydrogen-bond donors (Lipinski definition) is 1. The van der Waals surface area contributed by atoms with E-state index in [1.165, 1.54) is 0 Å². The van der Waals surface area contributed by atoms with Crippen LogP contribution in [0.1, 0.15) is 21.5 Å². The topological polar surface area (TPSA) is 60.5 Å². The van der Waals surface area contributed by atoms with E-state index < -0.39 is 0 Å². The van der Waals surface area contributed by atoms with Gasteiger partial charge in [-0.1, -0.05) is 48.4 Å². The highest BCUT2D eigenvalue weighted by Crippen LogP contribution is 2.13. The summed E-state index contributed by atoms with van der Waals surface area (Å²) in [6, 6.07) is 20.8. The number of terminal acetylenes is 1. The Morgan fingerprint density at radius 1 is 1.00 bits per heavy atom. The van der Waals surface area contributed by atoms with E-state index in [9.17, 15) is 4.79 Å². The van der Waals surface area contributed by atoms with Gasteiger partial charge in [0.05, 0.1) is 0 Å². The average molecular weight is 386 g/mol. The number of benzene rings is 2. The van der Waals surface area contributed by atoms with Crippen molar-refractivity contribution in [2.45, 2.75) is 13.0 Å². The van der Waals surface area contributed by atoms with E-state index in [0.717, 1.165) is 16.9 Å². The van der Waals surface area contributed by atoms with Gasteiger partial charge in [0.15, 0.2) is 0 Å². The Kier molecular flexibility index (Phi) is 7.25. The lowest BCUT2D eigenvalue weighted by Gasteiger charge is -2.09. The predicted octanol–water partition coefficient (Wildman–Crippen LogP) is 3.65. The van der Waals surface area contributed by atoms with E-state index in [0.29, 0.717) is 31.0 Å². The molecule has 146 valence electrons. The van der Waals surface area contributed by atoms with Gasteiger partial charge in [0.2, 0.25) is 5.88 Å². The molecule has 0 aliphatic heterocycles. The zero-order chi connectivity index (χ0) is 20.3. The van der Waals surface area contributed by atoms with Crippen LogP contribution in [0.4, 0.5) is 0 Å². The lowest BCUT2D eigenvalue weighted by atomic mass is 10.1. The van der Waals surface area contributed by atoms with E-state index >= 15 is 0 Å². The summed E-state index contributed by atoms with van der Waals surface area (Å²) in [6.07, 6.45) is 7.46. The zero-order valence-corrected chi connectivity index (χ0v) is 16.0. The van der Waals surface area contributed by atoms with Crippen molar-refractivity contribution in [1.82, 2.24) is 10.3 Å². The van der Waals surface area contributed by atoms with Crippen molar-refractivity contribution < 1.29 is 14.3 Å². The molecule has 1 heterocycles. The largest absolute Gasteiger partial charge is 0.481 e. The van der Waals surface area contributed by atoms with E-state index in [2.05, 4.69) is 16.2 Å². The molecule has 5 heteroatoms. The first kappa shape index (κ1) is 20.0. The molecule has 0 fully saturated rings. The van der Waals surface area contributed by atoms with Crippen LogP contribution in [0, 0.1) is 12.3 Å². The van der Waals surface area contributed by atoms with Crippen LogP contribution in [-0.2, 0) is 13.0 Å². The van der Waals surface area contributed by atoms with Gasteiger partial charge in [-0.2, -0.15) is 0 Å². The molecule has 1 amide bonds. The summed E-state index contributed by atoms with van der Waals surface area (Å²) in [7, 11) is 0. The minimum absolute atomic E-state index is 0.161.